The Morgan fingerprint density at radius 1 is 1.42 bits per heavy atom. The number of hydrogen-bond acceptors (Lipinski definition) is 6. The zero-order chi connectivity index (χ0) is 19.3. The van der Waals surface area contributed by atoms with Gasteiger partial charge in [-0.15, -0.1) is 0 Å². The zero-order valence-electron chi connectivity index (χ0n) is 14.8. The summed E-state index contributed by atoms with van der Waals surface area (Å²) in [5.74, 6) is -1.09. The molecule has 2 atom stereocenters. The molecular formula is C18H22N2O5S. The normalized spacial score (nSPS) is 19.3. The monoisotopic (exact) mass is 378 g/mol. The molecule has 7 nitrogen and oxygen atoms in total. The molecule has 0 spiro atoms. The highest BCUT2D eigenvalue weighted by atomic mass is 32.2. The Kier molecular flexibility index (Phi) is 6.37. The van der Waals surface area contributed by atoms with Gasteiger partial charge in [0.15, 0.2) is 16.4 Å². The van der Waals surface area contributed by atoms with Crippen LogP contribution in [0.3, 0.4) is 0 Å². The Bertz CT molecular complexity index is 828. The van der Waals surface area contributed by atoms with Gasteiger partial charge in [0, 0.05) is 12.1 Å². The molecule has 0 unspecified atom stereocenters. The van der Waals surface area contributed by atoms with Crippen LogP contribution in [0, 0.1) is 11.3 Å². The quantitative estimate of drug-likeness (QED) is 0.695. The second kappa shape index (κ2) is 8.32. The van der Waals surface area contributed by atoms with Crippen LogP contribution >= 0.6 is 0 Å². The summed E-state index contributed by atoms with van der Waals surface area (Å²) in [5.41, 5.74) is 0.513. The third-order valence-corrected chi connectivity index (χ3v) is 6.26. The smallest absolute Gasteiger partial charge is 0.338 e. The van der Waals surface area contributed by atoms with Crippen LogP contribution in [-0.2, 0) is 19.4 Å². The minimum atomic E-state index is -3.13. The second-order valence-electron chi connectivity index (χ2n) is 6.38. The van der Waals surface area contributed by atoms with Gasteiger partial charge in [0.2, 0.25) is 0 Å². The standard InChI is InChI=1S/C18H22N2O5S/c1-3-13(2)20(16-7-8-26(23,24)12-16)17(21)11-25-18(22)15-6-4-5-14(9-15)10-19/h4-6,9,13,16H,3,7-8,11-12H2,1-2H3/t13-,16+/m0/s1. The van der Waals surface area contributed by atoms with Gasteiger partial charge in [-0.25, -0.2) is 13.2 Å². The van der Waals surface area contributed by atoms with Gasteiger partial charge in [0.25, 0.3) is 5.91 Å². The van der Waals surface area contributed by atoms with Crippen LogP contribution in [0.4, 0.5) is 0 Å². The number of hydrogen-bond donors (Lipinski definition) is 0. The van der Waals surface area contributed by atoms with Crippen LogP contribution in [0.25, 0.3) is 0 Å². The van der Waals surface area contributed by atoms with Gasteiger partial charge in [0.05, 0.1) is 28.7 Å². The average molecular weight is 378 g/mol. The number of rotatable bonds is 6. The molecule has 8 heteroatoms. The van der Waals surface area contributed by atoms with Crippen LogP contribution in [0.2, 0.25) is 0 Å². The predicted molar refractivity (Wildman–Crippen MR) is 95.1 cm³/mol. The Balaban J connectivity index is 2.05. The molecule has 1 aliphatic rings. The first-order valence-electron chi connectivity index (χ1n) is 8.46. The summed E-state index contributed by atoms with van der Waals surface area (Å²) in [5, 5.41) is 8.87. The van der Waals surface area contributed by atoms with Crippen molar-refractivity contribution in [1.29, 1.82) is 5.26 Å². The van der Waals surface area contributed by atoms with Gasteiger partial charge in [-0.1, -0.05) is 13.0 Å². The van der Waals surface area contributed by atoms with E-state index in [1.807, 2.05) is 19.9 Å². The molecule has 0 bridgehead atoms. The summed E-state index contributed by atoms with van der Waals surface area (Å²) in [4.78, 5) is 26.2. The maximum atomic E-state index is 12.6. The number of ether oxygens (including phenoxy) is 1. The van der Waals surface area contributed by atoms with E-state index in [-0.39, 0.29) is 29.2 Å². The van der Waals surface area contributed by atoms with E-state index < -0.39 is 28.3 Å². The van der Waals surface area contributed by atoms with Crippen LogP contribution in [0.1, 0.15) is 42.6 Å². The lowest BCUT2D eigenvalue weighted by atomic mass is 10.1. The van der Waals surface area contributed by atoms with E-state index in [0.717, 1.165) is 0 Å². The van der Waals surface area contributed by atoms with Gasteiger partial charge >= 0.3 is 5.97 Å². The Morgan fingerprint density at radius 2 is 2.15 bits per heavy atom. The summed E-state index contributed by atoms with van der Waals surface area (Å²) in [6.07, 6.45) is 1.07. The first-order chi connectivity index (χ1) is 12.3. The molecule has 1 aromatic carbocycles. The Hall–Kier alpha value is -2.40. The topological polar surface area (TPSA) is 105 Å². The van der Waals surface area contributed by atoms with E-state index in [4.69, 9.17) is 10.00 Å². The van der Waals surface area contributed by atoms with Crippen LogP contribution in [0.5, 0.6) is 0 Å². The average Bonchev–Trinajstić information content (AvgIpc) is 2.98. The second-order valence-corrected chi connectivity index (χ2v) is 8.61. The fourth-order valence-electron chi connectivity index (χ4n) is 3.00. The molecule has 2 rings (SSSR count). The van der Waals surface area contributed by atoms with Crippen LogP contribution in [0.15, 0.2) is 24.3 Å². The first kappa shape index (κ1) is 19.9. The maximum absolute atomic E-state index is 12.6. The molecule has 1 saturated heterocycles. The molecule has 0 radical (unpaired) electrons. The molecule has 0 aromatic heterocycles. The molecule has 26 heavy (non-hydrogen) atoms. The van der Waals surface area contributed by atoms with Crippen molar-refractivity contribution in [2.24, 2.45) is 0 Å². The lowest BCUT2D eigenvalue weighted by Gasteiger charge is -2.33. The van der Waals surface area contributed by atoms with E-state index in [0.29, 0.717) is 18.4 Å². The third kappa shape index (κ3) is 4.82. The number of nitriles is 1. The van der Waals surface area contributed by atoms with E-state index in [1.54, 1.807) is 12.1 Å². The van der Waals surface area contributed by atoms with Gasteiger partial charge in [0.1, 0.15) is 0 Å². The molecular weight excluding hydrogens is 356 g/mol. The van der Waals surface area contributed by atoms with E-state index in [1.165, 1.54) is 17.0 Å². The molecule has 140 valence electrons. The molecule has 1 fully saturated rings. The number of carbonyl (C=O) groups excluding carboxylic acids is 2. The minimum absolute atomic E-state index is 0.0543. The number of carbonyl (C=O) groups is 2. The predicted octanol–water partition coefficient (Wildman–Crippen LogP) is 1.53. The fourth-order valence-corrected chi connectivity index (χ4v) is 4.71. The molecule has 1 amide bonds. The lowest BCUT2D eigenvalue weighted by Crippen LogP contribution is -2.48. The van der Waals surface area contributed by atoms with Crippen molar-refractivity contribution in [2.75, 3.05) is 18.1 Å². The third-order valence-electron chi connectivity index (χ3n) is 4.51. The highest BCUT2D eigenvalue weighted by Gasteiger charge is 2.36. The fraction of sp³-hybridized carbons (Fsp3) is 0.500. The number of nitrogens with zero attached hydrogens (tertiary/aromatic N) is 2. The van der Waals surface area contributed by atoms with Crippen molar-refractivity contribution in [3.8, 4) is 6.07 Å². The van der Waals surface area contributed by atoms with E-state index in [9.17, 15) is 18.0 Å². The summed E-state index contributed by atoms with van der Waals surface area (Å²) < 4.78 is 28.6. The van der Waals surface area contributed by atoms with E-state index >= 15 is 0 Å². The first-order valence-corrected chi connectivity index (χ1v) is 10.3. The van der Waals surface area contributed by atoms with Crippen molar-refractivity contribution >= 4 is 21.7 Å². The van der Waals surface area contributed by atoms with Crippen molar-refractivity contribution in [1.82, 2.24) is 4.90 Å². The molecule has 1 heterocycles. The van der Waals surface area contributed by atoms with Gasteiger partial charge in [-0.2, -0.15) is 5.26 Å². The van der Waals surface area contributed by atoms with Crippen molar-refractivity contribution < 1.29 is 22.7 Å². The summed E-state index contributed by atoms with van der Waals surface area (Å²) in [7, 11) is -3.13. The summed E-state index contributed by atoms with van der Waals surface area (Å²) in [6, 6.07) is 7.41. The molecule has 1 aromatic rings. The Labute approximate surface area is 153 Å². The molecule has 0 N–H and O–H groups in total. The SMILES string of the molecule is CC[C@H](C)N(C(=O)COC(=O)c1cccc(C#N)c1)[C@@H]1CCS(=O)(=O)C1. The maximum Gasteiger partial charge on any atom is 0.338 e. The number of sulfone groups is 1. The van der Waals surface area contributed by atoms with Crippen LogP contribution in [-0.4, -0.2) is 55.4 Å². The van der Waals surface area contributed by atoms with E-state index in [2.05, 4.69) is 0 Å². The number of benzene rings is 1. The van der Waals surface area contributed by atoms with Gasteiger partial charge < -0.3 is 9.64 Å². The highest BCUT2D eigenvalue weighted by Crippen LogP contribution is 2.21. The summed E-state index contributed by atoms with van der Waals surface area (Å²) in [6.45, 7) is 3.30. The largest absolute Gasteiger partial charge is 0.452 e. The molecule has 0 aliphatic carbocycles. The molecule has 0 saturated carbocycles. The minimum Gasteiger partial charge on any atom is -0.452 e. The van der Waals surface area contributed by atoms with Crippen molar-refractivity contribution in [2.45, 2.75) is 38.8 Å². The zero-order valence-corrected chi connectivity index (χ0v) is 15.7. The van der Waals surface area contributed by atoms with Crippen molar-refractivity contribution in [3.05, 3.63) is 35.4 Å². The lowest BCUT2D eigenvalue weighted by molar-refractivity contribution is -0.138. The number of amides is 1. The number of esters is 1. The highest BCUT2D eigenvalue weighted by molar-refractivity contribution is 7.91. The van der Waals surface area contributed by atoms with Crippen molar-refractivity contribution in [3.63, 3.8) is 0 Å². The molecule has 1 aliphatic heterocycles. The summed E-state index contributed by atoms with van der Waals surface area (Å²) >= 11 is 0. The van der Waals surface area contributed by atoms with Gasteiger partial charge in [-0.3, -0.25) is 4.79 Å². The van der Waals surface area contributed by atoms with Crippen LogP contribution < -0.4 is 0 Å². The Morgan fingerprint density at radius 3 is 2.73 bits per heavy atom. The van der Waals surface area contributed by atoms with Gasteiger partial charge in [-0.05, 0) is 38.0 Å².